The Morgan fingerprint density at radius 2 is 1.86 bits per heavy atom. The molecule has 0 amide bonds. The fourth-order valence-corrected chi connectivity index (χ4v) is 2.81. The van der Waals surface area contributed by atoms with E-state index >= 15 is 0 Å². The Balaban J connectivity index is 1.88. The second-order valence-corrected chi connectivity index (χ2v) is 7.46. The molecule has 6 heteroatoms. The molecule has 0 N–H and O–H groups in total. The molecule has 0 aliphatic carbocycles. The highest BCUT2D eigenvalue weighted by molar-refractivity contribution is 5.84. The van der Waals surface area contributed by atoms with Crippen LogP contribution < -0.4 is 9.47 Å². The Morgan fingerprint density at radius 1 is 1.07 bits per heavy atom. The van der Waals surface area contributed by atoms with Gasteiger partial charge in [-0.15, -0.1) is 0 Å². The van der Waals surface area contributed by atoms with Crippen LogP contribution in [-0.4, -0.2) is 28.6 Å². The molecule has 2 heterocycles. The fraction of sp³-hybridized carbons (Fsp3) is 0.318. The quantitative estimate of drug-likeness (QED) is 0.588. The van der Waals surface area contributed by atoms with E-state index in [9.17, 15) is 4.79 Å². The zero-order valence-electron chi connectivity index (χ0n) is 16.7. The first kappa shape index (κ1) is 19.6. The molecule has 1 aromatic carbocycles. The molecule has 1 atom stereocenters. The van der Waals surface area contributed by atoms with E-state index < -0.39 is 11.5 Å². The van der Waals surface area contributed by atoms with Crippen molar-refractivity contribution in [2.75, 3.05) is 7.11 Å². The number of fused-ring (bicyclic) bond motifs is 1. The van der Waals surface area contributed by atoms with E-state index in [-0.39, 0.29) is 5.97 Å². The number of rotatable bonds is 5. The molecule has 0 aliphatic heterocycles. The van der Waals surface area contributed by atoms with Gasteiger partial charge >= 0.3 is 5.97 Å². The minimum absolute atomic E-state index is 0.300. The van der Waals surface area contributed by atoms with Crippen molar-refractivity contribution in [2.24, 2.45) is 0 Å². The van der Waals surface area contributed by atoms with Crippen LogP contribution >= 0.6 is 0 Å². The highest BCUT2D eigenvalue weighted by atomic mass is 16.6. The highest BCUT2D eigenvalue weighted by Crippen LogP contribution is 2.35. The van der Waals surface area contributed by atoms with Crippen LogP contribution in [0.3, 0.4) is 0 Å². The number of ether oxygens (including phenoxy) is 3. The lowest BCUT2D eigenvalue weighted by atomic mass is 9.99. The van der Waals surface area contributed by atoms with Gasteiger partial charge in [0.15, 0.2) is 0 Å². The third kappa shape index (κ3) is 4.39. The Hall–Kier alpha value is -3.15. The molecular weight excluding hydrogens is 356 g/mol. The Labute approximate surface area is 164 Å². The van der Waals surface area contributed by atoms with Crippen molar-refractivity contribution in [1.29, 1.82) is 0 Å². The van der Waals surface area contributed by atoms with Crippen molar-refractivity contribution in [3.05, 3.63) is 54.5 Å². The van der Waals surface area contributed by atoms with Gasteiger partial charge in [-0.2, -0.15) is 0 Å². The molecule has 1 unspecified atom stereocenters. The number of benzene rings is 1. The van der Waals surface area contributed by atoms with Crippen molar-refractivity contribution >= 4 is 16.9 Å². The topological polar surface area (TPSA) is 70.5 Å². The predicted octanol–water partition coefficient (Wildman–Crippen LogP) is 4.88. The first-order valence-corrected chi connectivity index (χ1v) is 9.06. The number of esters is 1. The highest BCUT2D eigenvalue weighted by Gasteiger charge is 2.25. The van der Waals surface area contributed by atoms with Gasteiger partial charge in [0.1, 0.15) is 22.8 Å². The smallest absolute Gasteiger partial charge is 0.313 e. The Bertz CT molecular complexity index is 990. The van der Waals surface area contributed by atoms with E-state index in [0.717, 1.165) is 16.5 Å². The van der Waals surface area contributed by atoms with Gasteiger partial charge in [0.2, 0.25) is 0 Å². The van der Waals surface area contributed by atoms with Gasteiger partial charge in [-0.3, -0.25) is 14.8 Å². The molecule has 0 radical (unpaired) electrons. The molecular formula is C22H24N2O4. The number of aromatic nitrogens is 2. The number of hydrogen-bond donors (Lipinski definition) is 0. The van der Waals surface area contributed by atoms with Crippen LogP contribution in [0.2, 0.25) is 0 Å². The Kier molecular flexibility index (Phi) is 5.49. The molecule has 3 aromatic rings. The van der Waals surface area contributed by atoms with Crippen LogP contribution in [0.25, 0.3) is 10.9 Å². The molecule has 0 saturated heterocycles. The molecule has 3 rings (SSSR count). The van der Waals surface area contributed by atoms with Gasteiger partial charge in [-0.05, 0) is 45.9 Å². The van der Waals surface area contributed by atoms with Crippen LogP contribution in [-0.2, 0) is 9.53 Å². The van der Waals surface area contributed by atoms with Crippen LogP contribution in [0.1, 0.15) is 39.2 Å². The zero-order valence-corrected chi connectivity index (χ0v) is 16.7. The standard InChI is InChI=1S/C22H24N2O4/c1-14(21(25)28-22(2,3)4)16-7-6-15(12-20(16)26-5)27-19-9-11-24-18-8-10-23-13-17(18)19/h6-14H,1-5H3. The molecule has 0 spiro atoms. The largest absolute Gasteiger partial charge is 0.496 e. The lowest BCUT2D eigenvalue weighted by molar-refractivity contribution is -0.156. The van der Waals surface area contributed by atoms with Gasteiger partial charge in [0.05, 0.1) is 23.9 Å². The molecule has 0 saturated carbocycles. The van der Waals surface area contributed by atoms with E-state index in [1.54, 1.807) is 50.8 Å². The van der Waals surface area contributed by atoms with Crippen LogP contribution in [0.4, 0.5) is 0 Å². The van der Waals surface area contributed by atoms with E-state index in [2.05, 4.69) is 9.97 Å². The maximum absolute atomic E-state index is 12.4. The number of nitrogens with zero attached hydrogens (tertiary/aromatic N) is 2. The summed E-state index contributed by atoms with van der Waals surface area (Å²) in [4.78, 5) is 20.9. The molecule has 146 valence electrons. The SMILES string of the molecule is COc1cc(Oc2ccnc3ccncc23)ccc1C(C)C(=O)OC(C)(C)C. The van der Waals surface area contributed by atoms with Crippen LogP contribution in [0.15, 0.2) is 48.9 Å². The number of carbonyl (C=O) groups is 1. The van der Waals surface area contributed by atoms with E-state index in [4.69, 9.17) is 14.2 Å². The first-order chi connectivity index (χ1) is 13.3. The summed E-state index contributed by atoms with van der Waals surface area (Å²) in [5.74, 6) is 1.04. The summed E-state index contributed by atoms with van der Waals surface area (Å²) in [6, 6.07) is 9.01. The number of methoxy groups -OCH3 is 1. The average Bonchev–Trinajstić information content (AvgIpc) is 2.66. The van der Waals surface area contributed by atoms with E-state index in [0.29, 0.717) is 17.2 Å². The van der Waals surface area contributed by atoms with Crippen molar-refractivity contribution in [2.45, 2.75) is 39.2 Å². The van der Waals surface area contributed by atoms with Gasteiger partial charge < -0.3 is 14.2 Å². The number of hydrogen-bond acceptors (Lipinski definition) is 6. The summed E-state index contributed by atoms with van der Waals surface area (Å²) < 4.78 is 17.0. The third-order valence-electron chi connectivity index (χ3n) is 4.16. The first-order valence-electron chi connectivity index (χ1n) is 9.06. The fourth-order valence-electron chi connectivity index (χ4n) is 2.81. The van der Waals surface area contributed by atoms with Crippen LogP contribution in [0, 0.1) is 0 Å². The Morgan fingerprint density at radius 3 is 2.57 bits per heavy atom. The maximum atomic E-state index is 12.4. The monoisotopic (exact) mass is 380 g/mol. The summed E-state index contributed by atoms with van der Waals surface area (Å²) in [6.07, 6.45) is 5.09. The second-order valence-electron chi connectivity index (χ2n) is 7.46. The van der Waals surface area contributed by atoms with Gasteiger partial charge in [0.25, 0.3) is 0 Å². The van der Waals surface area contributed by atoms with Crippen molar-refractivity contribution in [3.63, 3.8) is 0 Å². The second kappa shape index (κ2) is 7.84. The number of pyridine rings is 2. The van der Waals surface area contributed by atoms with Crippen molar-refractivity contribution in [3.8, 4) is 17.2 Å². The molecule has 0 bridgehead atoms. The predicted molar refractivity (Wildman–Crippen MR) is 107 cm³/mol. The molecule has 0 aliphatic rings. The van der Waals surface area contributed by atoms with E-state index in [1.807, 2.05) is 32.9 Å². The number of carbonyl (C=O) groups excluding carboxylic acids is 1. The summed E-state index contributed by atoms with van der Waals surface area (Å²) in [7, 11) is 1.57. The van der Waals surface area contributed by atoms with Gasteiger partial charge in [-0.1, -0.05) is 6.07 Å². The maximum Gasteiger partial charge on any atom is 0.313 e. The minimum atomic E-state index is -0.544. The molecule has 2 aromatic heterocycles. The van der Waals surface area contributed by atoms with Crippen LogP contribution in [0.5, 0.6) is 17.2 Å². The summed E-state index contributed by atoms with van der Waals surface area (Å²) in [5, 5.41) is 0.815. The summed E-state index contributed by atoms with van der Waals surface area (Å²) >= 11 is 0. The lowest BCUT2D eigenvalue weighted by Crippen LogP contribution is -2.27. The summed E-state index contributed by atoms with van der Waals surface area (Å²) in [6.45, 7) is 7.34. The van der Waals surface area contributed by atoms with Gasteiger partial charge in [0, 0.05) is 30.2 Å². The summed E-state index contributed by atoms with van der Waals surface area (Å²) in [5.41, 5.74) is 0.998. The average molecular weight is 380 g/mol. The van der Waals surface area contributed by atoms with Gasteiger partial charge in [-0.25, -0.2) is 0 Å². The van der Waals surface area contributed by atoms with E-state index in [1.165, 1.54) is 0 Å². The molecule has 0 fully saturated rings. The molecule has 6 nitrogen and oxygen atoms in total. The normalized spacial score (nSPS) is 12.5. The molecule has 28 heavy (non-hydrogen) atoms. The minimum Gasteiger partial charge on any atom is -0.496 e. The zero-order chi connectivity index (χ0) is 20.3. The van der Waals surface area contributed by atoms with Crippen molar-refractivity contribution in [1.82, 2.24) is 9.97 Å². The third-order valence-corrected chi connectivity index (χ3v) is 4.16. The van der Waals surface area contributed by atoms with Crippen molar-refractivity contribution < 1.29 is 19.0 Å². The lowest BCUT2D eigenvalue weighted by Gasteiger charge is -2.23.